The summed E-state index contributed by atoms with van der Waals surface area (Å²) in [5.41, 5.74) is 1.54. The highest BCUT2D eigenvalue weighted by molar-refractivity contribution is 9.10. The van der Waals surface area contributed by atoms with Crippen molar-refractivity contribution in [2.24, 2.45) is 5.92 Å². The van der Waals surface area contributed by atoms with Crippen molar-refractivity contribution in [1.82, 2.24) is 0 Å². The summed E-state index contributed by atoms with van der Waals surface area (Å²) in [4.78, 5) is 26.1. The van der Waals surface area contributed by atoms with Crippen LogP contribution in [0, 0.1) is 5.92 Å². The van der Waals surface area contributed by atoms with E-state index in [-0.39, 0.29) is 17.6 Å². The summed E-state index contributed by atoms with van der Waals surface area (Å²) in [6.45, 7) is 4.27. The molecule has 2 aromatic heterocycles. The Morgan fingerprint density at radius 3 is 2.84 bits per heavy atom. The van der Waals surface area contributed by atoms with Crippen molar-refractivity contribution in [2.75, 3.05) is 11.9 Å². The van der Waals surface area contributed by atoms with E-state index < -0.39 is 0 Å². The highest BCUT2D eigenvalue weighted by atomic mass is 79.9. The maximum atomic E-state index is 12.5. The summed E-state index contributed by atoms with van der Waals surface area (Å²) >= 11 is 4.67. The second-order valence-corrected chi connectivity index (χ2v) is 7.89. The molecule has 7 heteroatoms. The number of anilines is 1. The molecular weight excluding hydrogens is 406 g/mol. The molecule has 0 fully saturated rings. The van der Waals surface area contributed by atoms with Gasteiger partial charge in [-0.15, -0.1) is 11.3 Å². The van der Waals surface area contributed by atoms with Crippen molar-refractivity contribution in [3.63, 3.8) is 0 Å². The summed E-state index contributed by atoms with van der Waals surface area (Å²) in [6, 6.07) is 3.25. The van der Waals surface area contributed by atoms with E-state index in [0.717, 1.165) is 31.2 Å². The molecule has 0 spiro atoms. The zero-order valence-corrected chi connectivity index (χ0v) is 16.6. The number of halogens is 1. The van der Waals surface area contributed by atoms with Crippen molar-refractivity contribution >= 4 is 44.1 Å². The monoisotopic (exact) mass is 425 g/mol. The number of rotatable bonds is 5. The van der Waals surface area contributed by atoms with E-state index in [9.17, 15) is 9.59 Å². The minimum absolute atomic E-state index is 0.194. The SMILES string of the molecule is CCOC(=O)c1c(NC(=O)c2ccc(Br)o2)sc2c1CC[C@@H](CC)C2. The maximum Gasteiger partial charge on any atom is 0.341 e. The van der Waals surface area contributed by atoms with Gasteiger partial charge in [-0.3, -0.25) is 4.79 Å². The lowest BCUT2D eigenvalue weighted by Gasteiger charge is -2.20. The normalized spacial score (nSPS) is 16.4. The highest BCUT2D eigenvalue weighted by Gasteiger charge is 2.30. The van der Waals surface area contributed by atoms with Gasteiger partial charge in [0, 0.05) is 4.88 Å². The molecule has 0 bridgehead atoms. The van der Waals surface area contributed by atoms with Crippen LogP contribution < -0.4 is 5.32 Å². The van der Waals surface area contributed by atoms with Crippen LogP contribution in [0.25, 0.3) is 0 Å². The number of carbonyl (C=O) groups is 2. The average Bonchev–Trinajstić information content (AvgIpc) is 3.17. The molecule has 1 amide bonds. The van der Waals surface area contributed by atoms with Crippen molar-refractivity contribution in [1.29, 1.82) is 0 Å². The molecule has 0 aliphatic heterocycles. The standard InChI is InChI=1S/C18H20BrNO4S/c1-3-10-5-6-11-13(9-10)25-17(15(11)18(22)23-4-2)20-16(21)12-7-8-14(19)24-12/h7-8,10H,3-6,9H2,1-2H3,(H,20,21)/t10-/m1/s1. The van der Waals surface area contributed by atoms with Gasteiger partial charge in [-0.05, 0) is 65.7 Å². The minimum Gasteiger partial charge on any atom is -0.462 e. The molecule has 134 valence electrons. The first-order chi connectivity index (χ1) is 12.0. The summed E-state index contributed by atoms with van der Waals surface area (Å²) in [5.74, 6) is 0.0815. The van der Waals surface area contributed by atoms with Gasteiger partial charge in [0.1, 0.15) is 5.00 Å². The van der Waals surface area contributed by atoms with Crippen molar-refractivity contribution < 1.29 is 18.7 Å². The third kappa shape index (κ3) is 3.82. The molecule has 1 N–H and O–H groups in total. The fourth-order valence-corrected chi connectivity index (χ4v) is 4.76. The molecule has 0 unspecified atom stereocenters. The van der Waals surface area contributed by atoms with E-state index in [1.54, 1.807) is 19.1 Å². The van der Waals surface area contributed by atoms with Gasteiger partial charge in [0.15, 0.2) is 10.4 Å². The molecule has 0 saturated carbocycles. The molecule has 3 rings (SSSR count). The van der Waals surface area contributed by atoms with Gasteiger partial charge in [-0.25, -0.2) is 4.79 Å². The maximum absolute atomic E-state index is 12.5. The van der Waals surface area contributed by atoms with Crippen LogP contribution in [-0.4, -0.2) is 18.5 Å². The Labute approximate surface area is 158 Å². The Bertz CT molecular complexity index is 795. The molecule has 1 aliphatic carbocycles. The molecule has 25 heavy (non-hydrogen) atoms. The molecule has 0 radical (unpaired) electrons. The van der Waals surface area contributed by atoms with Gasteiger partial charge in [0.05, 0.1) is 12.2 Å². The number of fused-ring (bicyclic) bond motifs is 1. The molecule has 0 aromatic carbocycles. The van der Waals surface area contributed by atoms with E-state index >= 15 is 0 Å². The lowest BCUT2D eigenvalue weighted by Crippen LogP contribution is -2.17. The number of esters is 1. The van der Waals surface area contributed by atoms with Crippen molar-refractivity contribution in [2.45, 2.75) is 39.5 Å². The molecule has 1 aliphatic rings. The van der Waals surface area contributed by atoms with Crippen LogP contribution in [0.3, 0.4) is 0 Å². The lowest BCUT2D eigenvalue weighted by molar-refractivity contribution is 0.0526. The van der Waals surface area contributed by atoms with E-state index in [1.165, 1.54) is 16.2 Å². The molecule has 1 atom stereocenters. The van der Waals surface area contributed by atoms with E-state index in [2.05, 4.69) is 28.2 Å². The Morgan fingerprint density at radius 1 is 1.40 bits per heavy atom. The third-order valence-corrected chi connectivity index (χ3v) is 6.04. The molecule has 2 aromatic rings. The minimum atomic E-state index is -0.373. The van der Waals surface area contributed by atoms with Crippen molar-refractivity contribution in [3.05, 3.63) is 38.6 Å². The van der Waals surface area contributed by atoms with Gasteiger partial charge in [-0.2, -0.15) is 0 Å². The predicted molar refractivity (Wildman–Crippen MR) is 100 cm³/mol. The summed E-state index contributed by atoms with van der Waals surface area (Å²) < 4.78 is 11.0. The molecular formula is C18H20BrNO4S. The van der Waals surface area contributed by atoms with Crippen molar-refractivity contribution in [3.8, 4) is 0 Å². The van der Waals surface area contributed by atoms with Crippen LogP contribution in [0.2, 0.25) is 0 Å². The number of amides is 1. The van der Waals surface area contributed by atoms with Crippen LogP contribution in [0.1, 0.15) is 58.0 Å². The smallest absolute Gasteiger partial charge is 0.341 e. The first-order valence-electron chi connectivity index (χ1n) is 8.41. The highest BCUT2D eigenvalue weighted by Crippen LogP contribution is 2.41. The number of hydrogen-bond acceptors (Lipinski definition) is 5. The van der Waals surface area contributed by atoms with Gasteiger partial charge in [0.25, 0.3) is 5.91 Å². The van der Waals surface area contributed by atoms with Crippen LogP contribution >= 0.6 is 27.3 Å². The number of furan rings is 1. The van der Waals surface area contributed by atoms with Crippen LogP contribution in [0.4, 0.5) is 5.00 Å². The van der Waals surface area contributed by atoms with E-state index in [1.807, 2.05) is 0 Å². The molecule has 5 nitrogen and oxygen atoms in total. The number of ether oxygens (including phenoxy) is 1. The predicted octanol–water partition coefficient (Wildman–Crippen LogP) is 5.05. The van der Waals surface area contributed by atoms with Crippen LogP contribution in [0.15, 0.2) is 21.2 Å². The fraction of sp³-hybridized carbons (Fsp3) is 0.444. The largest absolute Gasteiger partial charge is 0.462 e. The summed E-state index contributed by atoms with van der Waals surface area (Å²) in [5, 5.41) is 3.39. The van der Waals surface area contributed by atoms with Gasteiger partial charge in [-0.1, -0.05) is 13.3 Å². The van der Waals surface area contributed by atoms with Crippen LogP contribution in [0.5, 0.6) is 0 Å². The second-order valence-electron chi connectivity index (χ2n) is 6.00. The van der Waals surface area contributed by atoms with Gasteiger partial charge < -0.3 is 14.5 Å². The zero-order chi connectivity index (χ0) is 18.0. The zero-order valence-electron chi connectivity index (χ0n) is 14.2. The topological polar surface area (TPSA) is 68.5 Å². The lowest BCUT2D eigenvalue weighted by atomic mass is 9.85. The number of nitrogens with one attached hydrogen (secondary N) is 1. The number of carbonyl (C=O) groups excluding carboxylic acids is 2. The van der Waals surface area contributed by atoms with Gasteiger partial charge >= 0.3 is 5.97 Å². The van der Waals surface area contributed by atoms with Gasteiger partial charge in [0.2, 0.25) is 0 Å². The third-order valence-electron chi connectivity index (χ3n) is 4.45. The quantitative estimate of drug-likeness (QED) is 0.680. The second kappa shape index (κ2) is 7.74. The molecule has 0 saturated heterocycles. The number of hydrogen-bond donors (Lipinski definition) is 1. The average molecular weight is 426 g/mol. The van der Waals surface area contributed by atoms with E-state index in [4.69, 9.17) is 9.15 Å². The van der Waals surface area contributed by atoms with E-state index in [0.29, 0.717) is 27.8 Å². The Kier molecular flexibility index (Phi) is 5.64. The number of thiophene rings is 1. The summed E-state index contributed by atoms with van der Waals surface area (Å²) in [6.07, 6.45) is 3.98. The fourth-order valence-electron chi connectivity index (χ4n) is 3.11. The molecule has 2 heterocycles. The Hall–Kier alpha value is -1.60. The first-order valence-corrected chi connectivity index (χ1v) is 10.0. The Balaban J connectivity index is 1.93. The van der Waals surface area contributed by atoms with Crippen LogP contribution in [-0.2, 0) is 17.6 Å². The first kappa shape index (κ1) is 18.2. The summed E-state index contributed by atoms with van der Waals surface area (Å²) in [7, 11) is 0. The Morgan fingerprint density at radius 2 is 2.20 bits per heavy atom.